The lowest BCUT2D eigenvalue weighted by Gasteiger charge is -2.28. The highest BCUT2D eigenvalue weighted by atomic mass is 35.5. The Hall–Kier alpha value is -4.17. The summed E-state index contributed by atoms with van der Waals surface area (Å²) in [5.74, 6) is 0.474. The molecule has 2 aromatic heterocycles. The number of imidazole rings is 1. The van der Waals surface area contributed by atoms with E-state index >= 15 is 0 Å². The van der Waals surface area contributed by atoms with E-state index in [1.165, 1.54) is 24.3 Å². The molecule has 0 saturated heterocycles. The highest BCUT2D eigenvalue weighted by Crippen LogP contribution is 2.34. The number of amides is 1. The molecule has 0 fully saturated rings. The summed E-state index contributed by atoms with van der Waals surface area (Å²) in [4.78, 5) is 20.0. The van der Waals surface area contributed by atoms with E-state index in [1.54, 1.807) is 18.2 Å². The molecule has 5 aromatic rings. The van der Waals surface area contributed by atoms with Crippen LogP contribution in [0.15, 0.2) is 72.9 Å². The molecule has 1 aliphatic rings. The van der Waals surface area contributed by atoms with Crippen molar-refractivity contribution >= 4 is 39.9 Å². The molecular weight excluding hydrogens is 508 g/mol. The zero-order valence-corrected chi connectivity index (χ0v) is 21.3. The van der Waals surface area contributed by atoms with Gasteiger partial charge in [-0.1, -0.05) is 29.8 Å². The standard InChI is InChI=1S/C29H24ClF2N5O/c1-35-16-19(22-4-2-3-5-25(22)35)14-27(38)36-12-13-37-26(17-36)34-28(18-6-8-20(31)9-7-18)29(37)33-21-10-11-23(30)24(32)15-21/h2-11,15-16,33H,12-14,17H2,1H3. The molecule has 6 rings (SSSR count). The van der Waals surface area contributed by atoms with Crippen molar-refractivity contribution in [2.45, 2.75) is 19.5 Å². The first-order valence-electron chi connectivity index (χ1n) is 12.3. The lowest BCUT2D eigenvalue weighted by atomic mass is 10.1. The number of hydrogen-bond acceptors (Lipinski definition) is 3. The molecule has 0 bridgehead atoms. The van der Waals surface area contributed by atoms with Gasteiger partial charge in [-0.05, 0) is 54.1 Å². The number of fused-ring (bicyclic) bond motifs is 2. The molecule has 1 amide bonds. The van der Waals surface area contributed by atoms with E-state index in [4.69, 9.17) is 16.6 Å². The van der Waals surface area contributed by atoms with E-state index in [9.17, 15) is 13.6 Å². The molecule has 3 heterocycles. The highest BCUT2D eigenvalue weighted by molar-refractivity contribution is 6.30. The second-order valence-electron chi connectivity index (χ2n) is 9.41. The summed E-state index contributed by atoms with van der Waals surface area (Å²) in [6.45, 7) is 1.33. The van der Waals surface area contributed by atoms with Gasteiger partial charge in [-0.15, -0.1) is 0 Å². The second-order valence-corrected chi connectivity index (χ2v) is 9.82. The third kappa shape index (κ3) is 4.41. The van der Waals surface area contributed by atoms with Gasteiger partial charge >= 0.3 is 0 Å². The summed E-state index contributed by atoms with van der Waals surface area (Å²) in [7, 11) is 1.98. The van der Waals surface area contributed by atoms with Crippen LogP contribution in [0.5, 0.6) is 0 Å². The zero-order valence-electron chi connectivity index (χ0n) is 20.6. The van der Waals surface area contributed by atoms with Gasteiger partial charge in [-0.2, -0.15) is 0 Å². The molecular formula is C29H24ClF2N5O. The van der Waals surface area contributed by atoms with Crippen LogP contribution in [0.2, 0.25) is 5.02 Å². The molecule has 192 valence electrons. The molecule has 0 aliphatic carbocycles. The number of carbonyl (C=O) groups is 1. The third-order valence-electron chi connectivity index (χ3n) is 6.95. The van der Waals surface area contributed by atoms with Crippen LogP contribution in [0.25, 0.3) is 22.2 Å². The van der Waals surface area contributed by atoms with Crippen LogP contribution in [0.1, 0.15) is 11.4 Å². The van der Waals surface area contributed by atoms with Gasteiger partial charge in [0.1, 0.15) is 29.0 Å². The summed E-state index contributed by atoms with van der Waals surface area (Å²) < 4.78 is 31.8. The van der Waals surface area contributed by atoms with Crippen molar-refractivity contribution in [3.8, 4) is 11.3 Å². The molecule has 0 saturated carbocycles. The number of para-hydroxylation sites is 1. The molecule has 1 N–H and O–H groups in total. The first kappa shape index (κ1) is 24.2. The maximum atomic E-state index is 14.2. The van der Waals surface area contributed by atoms with Crippen LogP contribution >= 0.6 is 11.6 Å². The van der Waals surface area contributed by atoms with E-state index < -0.39 is 5.82 Å². The Morgan fingerprint density at radius 1 is 1.05 bits per heavy atom. The van der Waals surface area contributed by atoms with E-state index in [-0.39, 0.29) is 16.7 Å². The minimum atomic E-state index is -0.538. The van der Waals surface area contributed by atoms with Crippen molar-refractivity contribution in [1.82, 2.24) is 19.0 Å². The van der Waals surface area contributed by atoms with Crippen LogP contribution in [-0.4, -0.2) is 31.5 Å². The van der Waals surface area contributed by atoms with Crippen molar-refractivity contribution < 1.29 is 13.6 Å². The number of benzene rings is 3. The molecule has 38 heavy (non-hydrogen) atoms. The maximum Gasteiger partial charge on any atom is 0.227 e. The van der Waals surface area contributed by atoms with Crippen molar-refractivity contribution in [3.63, 3.8) is 0 Å². The Morgan fingerprint density at radius 2 is 1.84 bits per heavy atom. The monoisotopic (exact) mass is 531 g/mol. The molecule has 0 radical (unpaired) electrons. The number of carbonyl (C=O) groups excluding carboxylic acids is 1. The van der Waals surface area contributed by atoms with Gasteiger partial charge in [0.2, 0.25) is 5.91 Å². The fourth-order valence-electron chi connectivity index (χ4n) is 5.03. The Morgan fingerprint density at radius 3 is 2.63 bits per heavy atom. The average molecular weight is 532 g/mol. The number of aryl methyl sites for hydroxylation is 1. The van der Waals surface area contributed by atoms with E-state index in [0.29, 0.717) is 54.6 Å². The van der Waals surface area contributed by atoms with E-state index in [0.717, 1.165) is 16.5 Å². The average Bonchev–Trinajstić information content (AvgIpc) is 3.43. The number of hydrogen-bond donors (Lipinski definition) is 1. The van der Waals surface area contributed by atoms with E-state index in [1.807, 2.05) is 51.5 Å². The third-order valence-corrected chi connectivity index (χ3v) is 7.25. The van der Waals surface area contributed by atoms with Crippen LogP contribution in [-0.2, 0) is 31.4 Å². The van der Waals surface area contributed by atoms with Crippen molar-refractivity contribution in [1.29, 1.82) is 0 Å². The number of nitrogens with zero attached hydrogens (tertiary/aromatic N) is 4. The molecule has 1 aliphatic heterocycles. The summed E-state index contributed by atoms with van der Waals surface area (Å²) in [5.41, 5.74) is 3.88. The predicted molar refractivity (Wildman–Crippen MR) is 144 cm³/mol. The fourth-order valence-corrected chi connectivity index (χ4v) is 5.15. The van der Waals surface area contributed by atoms with Crippen LogP contribution in [0.3, 0.4) is 0 Å². The predicted octanol–water partition coefficient (Wildman–Crippen LogP) is 6.30. The van der Waals surface area contributed by atoms with Crippen molar-refractivity contribution in [2.75, 3.05) is 11.9 Å². The van der Waals surface area contributed by atoms with Crippen LogP contribution in [0, 0.1) is 11.6 Å². The van der Waals surface area contributed by atoms with Gasteiger partial charge in [-0.3, -0.25) is 4.79 Å². The summed E-state index contributed by atoms with van der Waals surface area (Å²) in [6.07, 6.45) is 2.30. The molecule has 3 aromatic carbocycles. The Balaban J connectivity index is 1.31. The highest BCUT2D eigenvalue weighted by Gasteiger charge is 2.27. The number of aromatic nitrogens is 3. The lowest BCUT2D eigenvalue weighted by Crippen LogP contribution is -2.39. The number of anilines is 2. The quantitative estimate of drug-likeness (QED) is 0.289. The minimum Gasteiger partial charge on any atom is -0.350 e. The smallest absolute Gasteiger partial charge is 0.227 e. The lowest BCUT2D eigenvalue weighted by molar-refractivity contribution is -0.131. The number of halogens is 3. The maximum absolute atomic E-state index is 14.2. The van der Waals surface area contributed by atoms with Crippen molar-refractivity contribution in [2.24, 2.45) is 7.05 Å². The topological polar surface area (TPSA) is 55.1 Å². The van der Waals surface area contributed by atoms with Gasteiger partial charge in [0.15, 0.2) is 0 Å². The Kier molecular flexibility index (Phi) is 6.12. The normalized spacial score (nSPS) is 13.1. The number of rotatable bonds is 5. The zero-order chi connectivity index (χ0) is 26.4. The first-order valence-corrected chi connectivity index (χ1v) is 12.6. The molecule has 0 atom stereocenters. The van der Waals surface area contributed by atoms with E-state index in [2.05, 4.69) is 5.32 Å². The van der Waals surface area contributed by atoms with Gasteiger partial charge in [-0.25, -0.2) is 13.8 Å². The SMILES string of the molecule is Cn1cc(CC(=O)N2CCn3c(nc(-c4ccc(F)cc4)c3Nc3ccc(Cl)c(F)c3)C2)c2ccccc21. The summed E-state index contributed by atoms with van der Waals surface area (Å²) in [6, 6.07) is 18.6. The minimum absolute atomic E-state index is 0.0215. The molecule has 6 nitrogen and oxygen atoms in total. The summed E-state index contributed by atoms with van der Waals surface area (Å²) >= 11 is 5.86. The molecule has 9 heteroatoms. The Bertz CT molecular complexity index is 1670. The second kappa shape index (κ2) is 9.61. The van der Waals surface area contributed by atoms with Gasteiger partial charge < -0.3 is 19.4 Å². The van der Waals surface area contributed by atoms with Gasteiger partial charge in [0.05, 0.1) is 18.0 Å². The fraction of sp³-hybridized carbons (Fsp3) is 0.172. The molecule has 0 unspecified atom stereocenters. The van der Waals surface area contributed by atoms with Gasteiger partial charge in [0.25, 0.3) is 0 Å². The first-order chi connectivity index (χ1) is 18.4. The van der Waals surface area contributed by atoms with Gasteiger partial charge in [0, 0.05) is 48.5 Å². The summed E-state index contributed by atoms with van der Waals surface area (Å²) in [5, 5.41) is 4.37. The van der Waals surface area contributed by atoms with Crippen LogP contribution in [0.4, 0.5) is 20.3 Å². The Labute approximate surface area is 223 Å². The molecule has 0 spiro atoms. The number of nitrogens with one attached hydrogen (secondary N) is 1. The van der Waals surface area contributed by atoms with Crippen LogP contribution < -0.4 is 5.32 Å². The van der Waals surface area contributed by atoms with Crippen molar-refractivity contribution in [3.05, 3.63) is 101 Å². The largest absolute Gasteiger partial charge is 0.350 e.